The Kier molecular flexibility index (Phi) is 4.48. The number of nitrogens with zero attached hydrogens (tertiary/aromatic N) is 4. The van der Waals surface area contributed by atoms with Gasteiger partial charge >= 0.3 is 0 Å². The Balaban J connectivity index is 1.59. The lowest BCUT2D eigenvalue weighted by Crippen LogP contribution is -2.49. The maximum atomic E-state index is 12.4. The van der Waals surface area contributed by atoms with Crippen LogP contribution in [0, 0.1) is 13.8 Å². The Morgan fingerprint density at radius 3 is 2.61 bits per heavy atom. The SMILES string of the molecule is Cc1ccc(CN2CCN(Cc3nccn3C)CC2=O)cc1C. The van der Waals surface area contributed by atoms with Gasteiger partial charge in [-0.3, -0.25) is 9.69 Å². The molecule has 0 spiro atoms. The largest absolute Gasteiger partial charge is 0.337 e. The number of piperazine rings is 1. The van der Waals surface area contributed by atoms with Crippen molar-refractivity contribution in [2.45, 2.75) is 26.9 Å². The average molecular weight is 312 g/mol. The molecule has 2 heterocycles. The van der Waals surface area contributed by atoms with Gasteiger partial charge in [0.1, 0.15) is 5.82 Å². The Hall–Kier alpha value is -2.14. The van der Waals surface area contributed by atoms with Crippen LogP contribution < -0.4 is 0 Å². The van der Waals surface area contributed by atoms with E-state index in [0.717, 1.165) is 25.5 Å². The van der Waals surface area contributed by atoms with E-state index in [-0.39, 0.29) is 5.91 Å². The fourth-order valence-electron chi connectivity index (χ4n) is 2.93. The summed E-state index contributed by atoms with van der Waals surface area (Å²) >= 11 is 0. The molecule has 122 valence electrons. The third-order valence-corrected chi connectivity index (χ3v) is 4.63. The van der Waals surface area contributed by atoms with Gasteiger partial charge in [-0.25, -0.2) is 4.98 Å². The molecule has 5 nitrogen and oxygen atoms in total. The molecule has 0 unspecified atom stereocenters. The maximum absolute atomic E-state index is 12.4. The molecule has 23 heavy (non-hydrogen) atoms. The second-order valence-corrected chi connectivity index (χ2v) is 6.40. The zero-order valence-corrected chi connectivity index (χ0v) is 14.1. The number of hydrogen-bond donors (Lipinski definition) is 0. The van der Waals surface area contributed by atoms with E-state index in [1.54, 1.807) is 6.20 Å². The predicted molar refractivity (Wildman–Crippen MR) is 89.8 cm³/mol. The lowest BCUT2D eigenvalue weighted by atomic mass is 10.1. The van der Waals surface area contributed by atoms with Crippen molar-refractivity contribution in [3.63, 3.8) is 0 Å². The van der Waals surface area contributed by atoms with Crippen LogP contribution in [0.5, 0.6) is 0 Å². The van der Waals surface area contributed by atoms with Gasteiger partial charge in [-0.1, -0.05) is 18.2 Å². The number of amides is 1. The molecule has 0 aliphatic carbocycles. The minimum Gasteiger partial charge on any atom is -0.337 e. The summed E-state index contributed by atoms with van der Waals surface area (Å²) < 4.78 is 2.01. The normalized spacial score (nSPS) is 16.1. The van der Waals surface area contributed by atoms with Gasteiger partial charge < -0.3 is 9.47 Å². The molecular formula is C18H24N4O. The minimum absolute atomic E-state index is 0.198. The molecule has 1 aromatic heterocycles. The van der Waals surface area contributed by atoms with Gasteiger partial charge in [0, 0.05) is 39.1 Å². The first kappa shape index (κ1) is 15.7. The third kappa shape index (κ3) is 3.62. The summed E-state index contributed by atoms with van der Waals surface area (Å²) in [4.78, 5) is 20.9. The highest BCUT2D eigenvalue weighted by Crippen LogP contribution is 2.15. The fourth-order valence-corrected chi connectivity index (χ4v) is 2.93. The first-order valence-corrected chi connectivity index (χ1v) is 8.05. The third-order valence-electron chi connectivity index (χ3n) is 4.63. The van der Waals surface area contributed by atoms with Crippen molar-refractivity contribution in [2.75, 3.05) is 19.6 Å². The van der Waals surface area contributed by atoms with Crippen molar-refractivity contribution in [1.29, 1.82) is 0 Å². The number of carbonyl (C=O) groups excluding carboxylic acids is 1. The molecule has 2 aromatic rings. The van der Waals surface area contributed by atoms with Crippen LogP contribution in [0.4, 0.5) is 0 Å². The molecule has 3 rings (SSSR count). The smallest absolute Gasteiger partial charge is 0.237 e. The molecule has 1 aliphatic rings. The van der Waals surface area contributed by atoms with Crippen molar-refractivity contribution in [2.24, 2.45) is 7.05 Å². The van der Waals surface area contributed by atoms with Gasteiger partial charge in [-0.15, -0.1) is 0 Å². The Morgan fingerprint density at radius 2 is 1.96 bits per heavy atom. The molecule has 1 fully saturated rings. The number of hydrogen-bond acceptors (Lipinski definition) is 3. The van der Waals surface area contributed by atoms with Gasteiger partial charge in [0.05, 0.1) is 13.1 Å². The summed E-state index contributed by atoms with van der Waals surface area (Å²) in [7, 11) is 1.99. The lowest BCUT2D eigenvalue weighted by Gasteiger charge is -2.34. The standard InChI is InChI=1S/C18H24N4O/c1-14-4-5-16(10-15(14)2)11-22-9-8-21(13-18(22)23)12-17-19-6-7-20(17)3/h4-7,10H,8-9,11-13H2,1-3H3. The molecule has 0 atom stereocenters. The zero-order valence-electron chi connectivity index (χ0n) is 14.1. The van der Waals surface area contributed by atoms with Crippen molar-refractivity contribution in [1.82, 2.24) is 19.4 Å². The second kappa shape index (κ2) is 6.54. The molecule has 0 radical (unpaired) electrons. The van der Waals surface area contributed by atoms with Crippen LogP contribution in [0.15, 0.2) is 30.6 Å². The summed E-state index contributed by atoms with van der Waals surface area (Å²) in [5.74, 6) is 1.20. The Labute approximate surface area is 137 Å². The van der Waals surface area contributed by atoms with Crippen molar-refractivity contribution in [3.8, 4) is 0 Å². The number of carbonyl (C=O) groups is 1. The van der Waals surface area contributed by atoms with E-state index in [1.807, 2.05) is 22.7 Å². The van der Waals surface area contributed by atoms with Gasteiger partial charge in [0.25, 0.3) is 0 Å². The van der Waals surface area contributed by atoms with Gasteiger partial charge in [0.15, 0.2) is 0 Å². The number of benzene rings is 1. The molecule has 1 amide bonds. The van der Waals surface area contributed by atoms with E-state index >= 15 is 0 Å². The molecule has 1 aromatic carbocycles. The topological polar surface area (TPSA) is 41.4 Å². The highest BCUT2D eigenvalue weighted by atomic mass is 16.2. The van der Waals surface area contributed by atoms with Crippen molar-refractivity contribution < 1.29 is 4.79 Å². The number of aryl methyl sites for hydroxylation is 3. The molecule has 0 bridgehead atoms. The highest BCUT2D eigenvalue weighted by molar-refractivity contribution is 5.79. The number of imidazole rings is 1. The van der Waals surface area contributed by atoms with E-state index < -0.39 is 0 Å². The van der Waals surface area contributed by atoms with E-state index in [1.165, 1.54) is 16.7 Å². The summed E-state index contributed by atoms with van der Waals surface area (Å²) in [6.45, 7) is 7.80. The average Bonchev–Trinajstić information content (AvgIpc) is 2.91. The van der Waals surface area contributed by atoms with Crippen molar-refractivity contribution in [3.05, 3.63) is 53.1 Å². The first-order chi connectivity index (χ1) is 11.0. The van der Waals surface area contributed by atoms with Gasteiger partial charge in [0.2, 0.25) is 5.91 Å². The van der Waals surface area contributed by atoms with Crippen LogP contribution in [0.3, 0.4) is 0 Å². The van der Waals surface area contributed by atoms with Crippen LogP contribution >= 0.6 is 0 Å². The molecular weight excluding hydrogens is 288 g/mol. The monoisotopic (exact) mass is 312 g/mol. The number of aromatic nitrogens is 2. The first-order valence-electron chi connectivity index (χ1n) is 8.05. The molecule has 5 heteroatoms. The van der Waals surface area contributed by atoms with Gasteiger partial charge in [-0.2, -0.15) is 0 Å². The lowest BCUT2D eigenvalue weighted by molar-refractivity contribution is -0.136. The maximum Gasteiger partial charge on any atom is 0.237 e. The van der Waals surface area contributed by atoms with Crippen LogP contribution in [0.2, 0.25) is 0 Å². The highest BCUT2D eigenvalue weighted by Gasteiger charge is 2.24. The quantitative estimate of drug-likeness (QED) is 0.865. The molecule has 1 saturated heterocycles. The zero-order chi connectivity index (χ0) is 16.4. The van der Waals surface area contributed by atoms with Crippen LogP contribution in [-0.4, -0.2) is 44.9 Å². The second-order valence-electron chi connectivity index (χ2n) is 6.40. The molecule has 0 N–H and O–H groups in total. The van der Waals surface area contributed by atoms with Gasteiger partial charge in [-0.05, 0) is 30.5 Å². The van der Waals surface area contributed by atoms with Crippen LogP contribution in [-0.2, 0) is 24.9 Å². The van der Waals surface area contributed by atoms with E-state index in [4.69, 9.17) is 0 Å². The number of rotatable bonds is 4. The predicted octanol–water partition coefficient (Wildman–Crippen LogP) is 1.88. The molecule has 0 saturated carbocycles. The van der Waals surface area contributed by atoms with E-state index in [9.17, 15) is 4.79 Å². The van der Waals surface area contributed by atoms with Crippen LogP contribution in [0.25, 0.3) is 0 Å². The minimum atomic E-state index is 0.198. The summed E-state index contributed by atoms with van der Waals surface area (Å²) in [5, 5.41) is 0. The van der Waals surface area contributed by atoms with E-state index in [0.29, 0.717) is 13.1 Å². The Bertz CT molecular complexity index is 707. The van der Waals surface area contributed by atoms with E-state index in [2.05, 4.69) is 41.9 Å². The summed E-state index contributed by atoms with van der Waals surface area (Å²) in [6.07, 6.45) is 3.74. The summed E-state index contributed by atoms with van der Waals surface area (Å²) in [5.41, 5.74) is 3.78. The summed E-state index contributed by atoms with van der Waals surface area (Å²) in [6, 6.07) is 6.44. The molecule has 1 aliphatic heterocycles. The van der Waals surface area contributed by atoms with Crippen molar-refractivity contribution >= 4 is 5.91 Å². The van der Waals surface area contributed by atoms with Crippen LogP contribution in [0.1, 0.15) is 22.5 Å². The fraction of sp³-hybridized carbons (Fsp3) is 0.444. The Morgan fingerprint density at radius 1 is 1.13 bits per heavy atom.